The van der Waals surface area contributed by atoms with E-state index in [9.17, 15) is 5.11 Å². The van der Waals surface area contributed by atoms with Crippen molar-refractivity contribution in [3.8, 4) is 0 Å². The topological polar surface area (TPSA) is 20.2 Å². The van der Waals surface area contributed by atoms with Gasteiger partial charge in [-0.2, -0.15) is 0 Å². The maximum absolute atomic E-state index is 10.8. The molecule has 0 radical (unpaired) electrons. The van der Waals surface area contributed by atoms with Crippen LogP contribution < -0.4 is 0 Å². The molecule has 5 atom stereocenters. The summed E-state index contributed by atoms with van der Waals surface area (Å²) in [5.74, 6) is 1.24. The van der Waals surface area contributed by atoms with Gasteiger partial charge in [-0.25, -0.2) is 0 Å². The van der Waals surface area contributed by atoms with Crippen molar-refractivity contribution in [3.05, 3.63) is 24.3 Å². The lowest BCUT2D eigenvalue weighted by Gasteiger charge is -2.60. The first kappa shape index (κ1) is 15.3. The molecule has 0 amide bonds. The van der Waals surface area contributed by atoms with Crippen LogP contribution in [-0.4, -0.2) is 11.2 Å². The first-order valence-electron chi connectivity index (χ1n) is 8.76. The van der Waals surface area contributed by atoms with Crippen LogP contribution in [0.15, 0.2) is 24.3 Å². The Labute approximate surface area is 130 Å². The van der Waals surface area contributed by atoms with Gasteiger partial charge >= 0.3 is 0 Å². The van der Waals surface area contributed by atoms with Crippen molar-refractivity contribution in [2.45, 2.75) is 72.3 Å². The molecule has 0 aromatic carbocycles. The highest BCUT2D eigenvalue weighted by Crippen LogP contribution is 2.63. The van der Waals surface area contributed by atoms with E-state index in [4.69, 9.17) is 0 Å². The van der Waals surface area contributed by atoms with Gasteiger partial charge in [0.25, 0.3) is 0 Å². The number of fused-ring (bicyclic) bond motifs is 3. The molecule has 2 saturated carbocycles. The van der Waals surface area contributed by atoms with Crippen LogP contribution in [-0.2, 0) is 0 Å². The van der Waals surface area contributed by atoms with Gasteiger partial charge in [-0.3, -0.25) is 0 Å². The van der Waals surface area contributed by atoms with Gasteiger partial charge in [0, 0.05) is 5.41 Å². The summed E-state index contributed by atoms with van der Waals surface area (Å²) in [5.41, 5.74) is 2.17. The molecular weight excluding hydrogens is 256 g/mol. The fourth-order valence-electron chi connectivity index (χ4n) is 5.91. The second-order valence-corrected chi connectivity index (χ2v) is 9.10. The highest BCUT2D eigenvalue weighted by atomic mass is 16.3. The zero-order valence-electron chi connectivity index (χ0n) is 14.3. The fraction of sp³-hybridized carbons (Fsp3) is 0.800. The Morgan fingerprint density at radius 3 is 2.57 bits per heavy atom. The summed E-state index contributed by atoms with van der Waals surface area (Å²) in [6.07, 6.45) is 11.6. The van der Waals surface area contributed by atoms with Crippen molar-refractivity contribution in [1.29, 1.82) is 0 Å². The third kappa shape index (κ3) is 2.23. The Morgan fingerprint density at radius 1 is 1.19 bits per heavy atom. The van der Waals surface area contributed by atoms with Crippen molar-refractivity contribution < 1.29 is 5.11 Å². The van der Waals surface area contributed by atoms with Crippen molar-refractivity contribution in [2.24, 2.45) is 28.1 Å². The second-order valence-electron chi connectivity index (χ2n) is 9.10. The van der Waals surface area contributed by atoms with E-state index >= 15 is 0 Å². The summed E-state index contributed by atoms with van der Waals surface area (Å²) in [5, 5.41) is 10.8. The van der Waals surface area contributed by atoms with Crippen LogP contribution >= 0.6 is 0 Å². The van der Waals surface area contributed by atoms with Crippen molar-refractivity contribution >= 4 is 0 Å². The minimum Gasteiger partial charge on any atom is -0.389 e. The van der Waals surface area contributed by atoms with Crippen LogP contribution in [0.3, 0.4) is 0 Å². The van der Waals surface area contributed by atoms with Crippen LogP contribution in [0.2, 0.25) is 0 Å². The van der Waals surface area contributed by atoms with Crippen LogP contribution in [0.1, 0.15) is 66.2 Å². The Bertz CT molecular complexity index is 474. The van der Waals surface area contributed by atoms with Gasteiger partial charge in [0.1, 0.15) is 0 Å². The molecule has 0 aromatic rings. The van der Waals surface area contributed by atoms with Crippen LogP contribution in [0, 0.1) is 28.1 Å². The van der Waals surface area contributed by atoms with Crippen LogP contribution in [0.4, 0.5) is 0 Å². The van der Waals surface area contributed by atoms with Crippen molar-refractivity contribution in [3.63, 3.8) is 0 Å². The van der Waals surface area contributed by atoms with E-state index in [2.05, 4.69) is 46.4 Å². The van der Waals surface area contributed by atoms with Crippen LogP contribution in [0.5, 0.6) is 0 Å². The lowest BCUT2D eigenvalue weighted by atomic mass is 9.45. The standard InChI is InChI=1S/C20H32O/c1-6-19(4)11-8-15-14(13-19)16(21)12-17-18(2,3)9-7-10-20(15,17)5/h6,13,15-17,21H,1,7-12H2,2-5H3/t15?,16?,17?,19-,20-/m0/s1. The van der Waals surface area contributed by atoms with Gasteiger partial charge in [0.05, 0.1) is 6.10 Å². The molecule has 118 valence electrons. The van der Waals surface area contributed by atoms with Crippen molar-refractivity contribution in [2.75, 3.05) is 0 Å². The Morgan fingerprint density at radius 2 is 1.90 bits per heavy atom. The number of rotatable bonds is 1. The average molecular weight is 288 g/mol. The van der Waals surface area contributed by atoms with Crippen LogP contribution in [0.25, 0.3) is 0 Å². The minimum atomic E-state index is -0.231. The fourth-order valence-corrected chi connectivity index (χ4v) is 5.91. The summed E-state index contributed by atoms with van der Waals surface area (Å²) in [4.78, 5) is 0. The molecule has 0 aromatic heterocycles. The molecule has 21 heavy (non-hydrogen) atoms. The summed E-state index contributed by atoms with van der Waals surface area (Å²) < 4.78 is 0. The van der Waals surface area contributed by atoms with E-state index in [1.807, 2.05) is 0 Å². The molecule has 2 fully saturated rings. The summed E-state index contributed by atoms with van der Waals surface area (Å²) >= 11 is 0. The largest absolute Gasteiger partial charge is 0.389 e. The number of aliphatic hydroxyl groups is 1. The number of hydrogen-bond donors (Lipinski definition) is 1. The first-order valence-corrected chi connectivity index (χ1v) is 8.76. The van der Waals surface area contributed by atoms with E-state index in [0.717, 1.165) is 6.42 Å². The monoisotopic (exact) mass is 288 g/mol. The number of hydrogen-bond acceptors (Lipinski definition) is 1. The first-order chi connectivity index (χ1) is 9.72. The second kappa shape index (κ2) is 4.72. The third-order valence-corrected chi connectivity index (χ3v) is 7.25. The van der Waals surface area contributed by atoms with E-state index in [1.54, 1.807) is 0 Å². The van der Waals surface area contributed by atoms with E-state index < -0.39 is 0 Å². The molecule has 1 nitrogen and oxygen atoms in total. The van der Waals surface area contributed by atoms with Gasteiger partial charge < -0.3 is 5.11 Å². The highest BCUT2D eigenvalue weighted by molar-refractivity contribution is 5.29. The Kier molecular flexibility index (Phi) is 3.44. The van der Waals surface area contributed by atoms with Gasteiger partial charge in [-0.1, -0.05) is 46.3 Å². The summed E-state index contributed by atoms with van der Waals surface area (Å²) in [7, 11) is 0. The predicted molar refractivity (Wildman–Crippen MR) is 89.0 cm³/mol. The molecule has 3 unspecified atom stereocenters. The molecule has 0 heterocycles. The number of aliphatic hydroxyl groups excluding tert-OH is 1. The molecule has 1 N–H and O–H groups in total. The normalized spacial score (nSPS) is 48.8. The lowest BCUT2D eigenvalue weighted by molar-refractivity contribution is -0.0883. The van der Waals surface area contributed by atoms with Gasteiger partial charge in [0.2, 0.25) is 0 Å². The van der Waals surface area contributed by atoms with E-state index in [0.29, 0.717) is 22.7 Å². The summed E-state index contributed by atoms with van der Waals surface area (Å²) in [6.45, 7) is 13.6. The Hall–Kier alpha value is -0.560. The quantitative estimate of drug-likeness (QED) is 0.665. The zero-order valence-corrected chi connectivity index (χ0v) is 14.3. The molecule has 0 spiro atoms. The third-order valence-electron chi connectivity index (χ3n) is 7.25. The van der Waals surface area contributed by atoms with Gasteiger partial charge in [0.15, 0.2) is 0 Å². The molecule has 3 aliphatic rings. The lowest BCUT2D eigenvalue weighted by Crippen LogP contribution is -2.54. The maximum Gasteiger partial charge on any atom is 0.0756 e. The molecule has 0 aliphatic heterocycles. The molecule has 1 heteroatoms. The van der Waals surface area contributed by atoms with Crippen molar-refractivity contribution in [1.82, 2.24) is 0 Å². The zero-order chi connectivity index (χ0) is 15.5. The molecule has 0 saturated heterocycles. The molecule has 0 bridgehead atoms. The molecule has 3 aliphatic carbocycles. The smallest absolute Gasteiger partial charge is 0.0756 e. The summed E-state index contributed by atoms with van der Waals surface area (Å²) in [6, 6.07) is 0. The van der Waals surface area contributed by atoms with E-state index in [1.165, 1.54) is 37.7 Å². The Balaban J connectivity index is 2.03. The predicted octanol–water partition coefficient (Wildman–Crippen LogP) is 5.11. The average Bonchev–Trinajstić information content (AvgIpc) is 2.41. The molecule has 3 rings (SSSR count). The molecular formula is C20H32O. The number of allylic oxidation sites excluding steroid dienone is 2. The minimum absolute atomic E-state index is 0.0835. The van der Waals surface area contributed by atoms with Gasteiger partial charge in [-0.15, -0.1) is 6.58 Å². The SMILES string of the molecule is C=C[C@]1(C)C=C2C(O)CC3C(C)(C)CCC[C@@]3(C)C2CC1. The maximum atomic E-state index is 10.8. The highest BCUT2D eigenvalue weighted by Gasteiger charge is 2.56. The van der Waals surface area contributed by atoms with Gasteiger partial charge in [-0.05, 0) is 60.3 Å². The van der Waals surface area contributed by atoms with E-state index in [-0.39, 0.29) is 11.5 Å².